The maximum absolute atomic E-state index is 12.6. The number of carbonyl (C=O) groups is 1. The van der Waals surface area contributed by atoms with E-state index in [-0.39, 0.29) is 18.6 Å². The number of esters is 1. The van der Waals surface area contributed by atoms with Crippen molar-refractivity contribution in [3.05, 3.63) is 82.9 Å². The van der Waals surface area contributed by atoms with Crippen LogP contribution in [-0.4, -0.2) is 51.7 Å². The second-order valence-corrected chi connectivity index (χ2v) is 7.92. The highest BCUT2D eigenvalue weighted by atomic mass is 16.5. The molecule has 0 aliphatic carbocycles. The molecule has 0 saturated carbocycles. The van der Waals surface area contributed by atoms with E-state index in [0.29, 0.717) is 28.6 Å². The molecule has 0 N–H and O–H groups in total. The Morgan fingerprint density at radius 2 is 1.56 bits per heavy atom. The van der Waals surface area contributed by atoms with Crippen molar-refractivity contribution in [3.8, 4) is 17.2 Å². The summed E-state index contributed by atoms with van der Waals surface area (Å²) in [6, 6.07) is 19.5. The van der Waals surface area contributed by atoms with Crippen LogP contribution in [0.4, 0.5) is 5.69 Å². The van der Waals surface area contributed by atoms with Gasteiger partial charge in [-0.3, -0.25) is 4.79 Å². The Hall–Kier alpha value is -4.00. The van der Waals surface area contributed by atoms with E-state index < -0.39 is 0 Å². The lowest BCUT2D eigenvalue weighted by atomic mass is 9.92. The van der Waals surface area contributed by atoms with Gasteiger partial charge in [0.05, 0.1) is 45.7 Å². The Balaban J connectivity index is 2.00. The first-order valence-electron chi connectivity index (χ1n) is 10.9. The molecule has 1 heterocycles. The first-order valence-corrected chi connectivity index (χ1v) is 10.9. The molecule has 0 amide bonds. The van der Waals surface area contributed by atoms with Crippen molar-refractivity contribution in [3.63, 3.8) is 0 Å². The third-order valence-corrected chi connectivity index (χ3v) is 5.88. The number of hydrogen-bond acceptors (Lipinski definition) is 7. The van der Waals surface area contributed by atoms with Crippen LogP contribution in [0, 0.1) is 6.92 Å². The normalized spacial score (nSPS) is 14.7. The molecule has 1 atom stereocenters. The molecule has 1 aliphatic rings. The number of nitrogens with zero attached hydrogens (tertiary/aromatic N) is 2. The van der Waals surface area contributed by atoms with Crippen molar-refractivity contribution in [1.82, 2.24) is 4.90 Å². The summed E-state index contributed by atoms with van der Waals surface area (Å²) >= 11 is 0. The summed E-state index contributed by atoms with van der Waals surface area (Å²) < 4.78 is 21.8. The number of methoxy groups -OCH3 is 4. The summed E-state index contributed by atoms with van der Waals surface area (Å²) in [4.78, 5) is 19.5. The average Bonchev–Trinajstić information content (AvgIpc) is 2.87. The van der Waals surface area contributed by atoms with E-state index in [1.807, 2.05) is 54.3 Å². The van der Waals surface area contributed by atoms with Gasteiger partial charge in [0.1, 0.15) is 18.1 Å². The minimum atomic E-state index is -0.372. The summed E-state index contributed by atoms with van der Waals surface area (Å²) in [5, 5.41) is 0. The summed E-state index contributed by atoms with van der Waals surface area (Å²) in [6.07, 6.45) is 0. The van der Waals surface area contributed by atoms with Gasteiger partial charge >= 0.3 is 5.97 Å². The van der Waals surface area contributed by atoms with E-state index >= 15 is 0 Å². The minimum Gasteiger partial charge on any atom is -0.496 e. The van der Waals surface area contributed by atoms with Crippen molar-refractivity contribution in [2.24, 2.45) is 4.99 Å². The molecule has 0 saturated heterocycles. The van der Waals surface area contributed by atoms with Crippen molar-refractivity contribution < 1.29 is 23.7 Å². The van der Waals surface area contributed by atoms with Gasteiger partial charge in [0.2, 0.25) is 0 Å². The molecule has 0 aromatic heterocycles. The van der Waals surface area contributed by atoms with Gasteiger partial charge in [-0.05, 0) is 30.2 Å². The molecule has 34 heavy (non-hydrogen) atoms. The van der Waals surface area contributed by atoms with Crippen LogP contribution < -0.4 is 14.2 Å². The van der Waals surface area contributed by atoms with Crippen LogP contribution in [0.3, 0.4) is 0 Å². The summed E-state index contributed by atoms with van der Waals surface area (Å²) in [7, 11) is 6.12. The molecule has 0 radical (unpaired) electrons. The first-order chi connectivity index (χ1) is 16.5. The molecule has 0 bridgehead atoms. The van der Waals surface area contributed by atoms with Gasteiger partial charge in [0.25, 0.3) is 0 Å². The van der Waals surface area contributed by atoms with E-state index in [9.17, 15) is 4.79 Å². The van der Waals surface area contributed by atoms with Crippen molar-refractivity contribution in [2.75, 3.05) is 35.0 Å². The largest absolute Gasteiger partial charge is 0.496 e. The maximum atomic E-state index is 12.6. The Morgan fingerprint density at radius 3 is 2.21 bits per heavy atom. The van der Waals surface area contributed by atoms with E-state index in [0.717, 1.165) is 22.4 Å². The quantitative estimate of drug-likeness (QED) is 0.477. The lowest BCUT2D eigenvalue weighted by Gasteiger charge is -2.38. The molecule has 4 rings (SSSR count). The van der Waals surface area contributed by atoms with Gasteiger partial charge < -0.3 is 23.8 Å². The zero-order valence-corrected chi connectivity index (χ0v) is 20.0. The van der Waals surface area contributed by atoms with Gasteiger partial charge in [-0.25, -0.2) is 4.99 Å². The minimum absolute atomic E-state index is 0.000288. The molecule has 0 spiro atoms. The molecule has 3 aromatic rings. The molecule has 1 aliphatic heterocycles. The number of hydrogen-bond donors (Lipinski definition) is 0. The van der Waals surface area contributed by atoms with Gasteiger partial charge in [-0.2, -0.15) is 0 Å². The highest BCUT2D eigenvalue weighted by Crippen LogP contribution is 2.43. The molecule has 7 heteroatoms. The van der Waals surface area contributed by atoms with Crippen LogP contribution in [0.5, 0.6) is 17.2 Å². The number of fused-ring (bicyclic) bond motifs is 1. The Bertz CT molecular complexity index is 1220. The zero-order valence-electron chi connectivity index (χ0n) is 20.0. The maximum Gasteiger partial charge on any atom is 0.325 e. The summed E-state index contributed by atoms with van der Waals surface area (Å²) in [5.74, 6) is 1.83. The topological polar surface area (TPSA) is 69.6 Å². The fraction of sp³-hybridized carbons (Fsp3) is 0.259. The van der Waals surface area contributed by atoms with E-state index in [1.165, 1.54) is 7.11 Å². The molecular formula is C27H28N2O5. The van der Waals surface area contributed by atoms with Crippen LogP contribution >= 0.6 is 0 Å². The molecule has 0 unspecified atom stereocenters. The highest BCUT2D eigenvalue weighted by molar-refractivity contribution is 6.06. The fourth-order valence-corrected chi connectivity index (χ4v) is 4.23. The Labute approximate surface area is 199 Å². The standard InChI is InChI=1S/C27H28N2O5/c1-17-11-12-19-21(13-17)28-27(20-14-23(32-3)24(33-4)15-22(20)31-2)29(16-25(30)34-5)26(19)18-9-7-6-8-10-18/h6-15,26H,16H2,1-5H3/t26-/m0/s1. The second-order valence-electron chi connectivity index (χ2n) is 7.92. The van der Waals surface area contributed by atoms with Gasteiger partial charge in [-0.1, -0.05) is 42.5 Å². The summed E-state index contributed by atoms with van der Waals surface area (Å²) in [6.45, 7) is 2.03. The van der Waals surface area contributed by atoms with E-state index in [1.54, 1.807) is 27.4 Å². The van der Waals surface area contributed by atoms with Crippen LogP contribution in [0.25, 0.3) is 0 Å². The predicted molar refractivity (Wildman–Crippen MR) is 130 cm³/mol. The van der Waals surface area contributed by atoms with Gasteiger partial charge in [-0.15, -0.1) is 0 Å². The van der Waals surface area contributed by atoms with Crippen molar-refractivity contribution >= 4 is 17.5 Å². The molecular weight excluding hydrogens is 432 g/mol. The third-order valence-electron chi connectivity index (χ3n) is 5.88. The number of benzene rings is 3. The lowest BCUT2D eigenvalue weighted by molar-refractivity contribution is -0.141. The van der Waals surface area contributed by atoms with Crippen molar-refractivity contribution in [2.45, 2.75) is 13.0 Å². The number of carbonyl (C=O) groups excluding carboxylic acids is 1. The molecule has 176 valence electrons. The number of ether oxygens (including phenoxy) is 4. The Morgan fingerprint density at radius 1 is 0.882 bits per heavy atom. The smallest absolute Gasteiger partial charge is 0.325 e. The van der Waals surface area contributed by atoms with Gasteiger partial charge in [0.15, 0.2) is 11.5 Å². The SMILES string of the molecule is COC(=O)CN1C(c2cc(OC)c(OC)cc2OC)=Nc2cc(C)ccc2[C@@H]1c1ccccc1. The fourth-order valence-electron chi connectivity index (χ4n) is 4.23. The van der Waals surface area contributed by atoms with Crippen LogP contribution in [0.1, 0.15) is 28.3 Å². The molecule has 7 nitrogen and oxygen atoms in total. The lowest BCUT2D eigenvalue weighted by Crippen LogP contribution is -2.42. The molecule has 3 aromatic carbocycles. The van der Waals surface area contributed by atoms with E-state index in [4.69, 9.17) is 23.9 Å². The van der Waals surface area contributed by atoms with Crippen molar-refractivity contribution in [1.29, 1.82) is 0 Å². The third kappa shape index (κ3) is 4.29. The number of aryl methyl sites for hydroxylation is 1. The number of rotatable bonds is 7. The van der Waals surface area contributed by atoms with E-state index in [2.05, 4.69) is 12.1 Å². The Kier molecular flexibility index (Phi) is 6.72. The molecule has 0 fully saturated rings. The highest BCUT2D eigenvalue weighted by Gasteiger charge is 2.35. The number of aliphatic imine (C=N–C) groups is 1. The first kappa shape index (κ1) is 23.2. The van der Waals surface area contributed by atoms with Crippen LogP contribution in [0.2, 0.25) is 0 Å². The van der Waals surface area contributed by atoms with Gasteiger partial charge in [0, 0.05) is 11.6 Å². The van der Waals surface area contributed by atoms with Crippen LogP contribution in [-0.2, 0) is 9.53 Å². The predicted octanol–water partition coefficient (Wildman–Crippen LogP) is 4.68. The van der Waals surface area contributed by atoms with Crippen LogP contribution in [0.15, 0.2) is 65.7 Å². The monoisotopic (exact) mass is 460 g/mol. The number of amidine groups is 1. The average molecular weight is 461 g/mol. The second kappa shape index (κ2) is 9.87. The summed E-state index contributed by atoms with van der Waals surface area (Å²) in [5.41, 5.74) is 4.64. The zero-order chi connectivity index (χ0) is 24.2.